The van der Waals surface area contributed by atoms with Crippen LogP contribution in [0.1, 0.15) is 6.92 Å². The molecule has 1 amide bonds. The van der Waals surface area contributed by atoms with Gasteiger partial charge in [0.05, 0.1) is 16.6 Å². The zero-order valence-electron chi connectivity index (χ0n) is 10.1. The van der Waals surface area contributed by atoms with Gasteiger partial charge in [-0.1, -0.05) is 23.4 Å². The van der Waals surface area contributed by atoms with Crippen LogP contribution in [0.3, 0.4) is 0 Å². The van der Waals surface area contributed by atoms with Gasteiger partial charge in [-0.15, -0.1) is 11.3 Å². The van der Waals surface area contributed by atoms with Crippen LogP contribution in [0, 0.1) is 0 Å². The minimum absolute atomic E-state index is 0.116. The van der Waals surface area contributed by atoms with Crippen LogP contribution in [0.25, 0.3) is 0 Å². The van der Waals surface area contributed by atoms with Crippen molar-refractivity contribution in [3.63, 3.8) is 0 Å². The number of hydrogen-bond acceptors (Lipinski definition) is 5. The number of nitrogen functional groups attached to an aromatic ring is 1. The molecule has 4 nitrogen and oxygen atoms in total. The van der Waals surface area contributed by atoms with Crippen molar-refractivity contribution in [3.05, 3.63) is 34.8 Å². The predicted octanol–water partition coefficient (Wildman–Crippen LogP) is 3.50. The molecule has 1 unspecified atom stereocenters. The molecule has 0 fully saturated rings. The molecule has 19 heavy (non-hydrogen) atoms. The van der Waals surface area contributed by atoms with E-state index >= 15 is 0 Å². The van der Waals surface area contributed by atoms with Gasteiger partial charge in [-0.3, -0.25) is 4.79 Å². The van der Waals surface area contributed by atoms with E-state index in [4.69, 9.17) is 17.3 Å². The van der Waals surface area contributed by atoms with Gasteiger partial charge < -0.3 is 11.1 Å². The number of aromatic nitrogens is 1. The summed E-state index contributed by atoms with van der Waals surface area (Å²) in [5.41, 5.74) is 6.81. The Labute approximate surface area is 124 Å². The van der Waals surface area contributed by atoms with Gasteiger partial charge in [0.25, 0.3) is 0 Å². The van der Waals surface area contributed by atoms with Crippen molar-refractivity contribution in [1.82, 2.24) is 4.98 Å². The third kappa shape index (κ3) is 3.86. The Kier molecular flexibility index (Phi) is 4.68. The highest BCUT2D eigenvalue weighted by molar-refractivity contribution is 8.02. The Morgan fingerprint density at radius 1 is 1.58 bits per heavy atom. The molecule has 7 heteroatoms. The van der Waals surface area contributed by atoms with Crippen molar-refractivity contribution in [1.29, 1.82) is 0 Å². The van der Waals surface area contributed by atoms with E-state index in [1.54, 1.807) is 24.4 Å². The van der Waals surface area contributed by atoms with Crippen LogP contribution in [-0.4, -0.2) is 16.1 Å². The summed E-state index contributed by atoms with van der Waals surface area (Å²) in [5.74, 6) is -0.116. The largest absolute Gasteiger partial charge is 0.397 e. The Morgan fingerprint density at radius 2 is 2.37 bits per heavy atom. The number of benzene rings is 1. The van der Waals surface area contributed by atoms with Gasteiger partial charge in [-0.05, 0) is 25.1 Å². The fourth-order valence-electron chi connectivity index (χ4n) is 1.36. The number of anilines is 2. The van der Waals surface area contributed by atoms with Crippen LogP contribution in [0.15, 0.2) is 34.1 Å². The second kappa shape index (κ2) is 6.27. The van der Waals surface area contributed by atoms with Crippen LogP contribution in [0.4, 0.5) is 11.4 Å². The summed E-state index contributed by atoms with van der Waals surface area (Å²) in [6, 6.07) is 4.98. The minimum atomic E-state index is -0.249. The monoisotopic (exact) mass is 313 g/mol. The number of hydrogen-bond donors (Lipinski definition) is 2. The Hall–Kier alpha value is -1.24. The number of carbonyl (C=O) groups is 1. The molecule has 3 N–H and O–H groups in total. The minimum Gasteiger partial charge on any atom is -0.397 e. The molecule has 0 radical (unpaired) electrons. The zero-order chi connectivity index (χ0) is 13.8. The second-order valence-corrected chi connectivity index (χ2v) is 6.70. The molecule has 1 aromatic heterocycles. The van der Waals surface area contributed by atoms with E-state index in [0.717, 1.165) is 4.34 Å². The number of carbonyl (C=O) groups excluding carboxylic acids is 1. The predicted molar refractivity (Wildman–Crippen MR) is 81.9 cm³/mol. The lowest BCUT2D eigenvalue weighted by Crippen LogP contribution is -2.22. The first kappa shape index (κ1) is 14.2. The first-order valence-corrected chi connectivity index (χ1v) is 7.62. The van der Waals surface area contributed by atoms with Crippen molar-refractivity contribution in [3.8, 4) is 0 Å². The molecule has 0 aliphatic rings. The maximum Gasteiger partial charge on any atom is 0.237 e. The number of thioether (sulfide) groups is 1. The molecule has 2 rings (SSSR count). The molecule has 1 heterocycles. The molecule has 100 valence electrons. The van der Waals surface area contributed by atoms with E-state index in [1.807, 2.05) is 12.3 Å². The molecule has 0 saturated carbocycles. The third-order valence-corrected chi connectivity index (χ3v) is 4.58. The molecule has 0 aliphatic heterocycles. The van der Waals surface area contributed by atoms with E-state index in [9.17, 15) is 4.79 Å². The van der Waals surface area contributed by atoms with E-state index in [2.05, 4.69) is 10.3 Å². The average Bonchev–Trinajstić information content (AvgIpc) is 2.85. The normalized spacial score (nSPS) is 12.1. The quantitative estimate of drug-likeness (QED) is 0.669. The van der Waals surface area contributed by atoms with E-state index in [-0.39, 0.29) is 11.2 Å². The molecule has 0 spiro atoms. The molecule has 0 aliphatic carbocycles. The van der Waals surface area contributed by atoms with E-state index in [0.29, 0.717) is 16.4 Å². The van der Waals surface area contributed by atoms with Crippen molar-refractivity contribution in [2.45, 2.75) is 16.5 Å². The smallest absolute Gasteiger partial charge is 0.237 e. The number of amides is 1. The van der Waals surface area contributed by atoms with Crippen LogP contribution >= 0.6 is 34.7 Å². The van der Waals surface area contributed by atoms with E-state index < -0.39 is 0 Å². The summed E-state index contributed by atoms with van der Waals surface area (Å²) in [6.07, 6.45) is 1.72. The summed E-state index contributed by atoms with van der Waals surface area (Å²) in [7, 11) is 0. The third-order valence-electron chi connectivity index (χ3n) is 2.33. The Morgan fingerprint density at radius 3 is 3.00 bits per heavy atom. The van der Waals surface area contributed by atoms with Gasteiger partial charge in [-0.2, -0.15) is 0 Å². The lowest BCUT2D eigenvalue weighted by molar-refractivity contribution is -0.115. The summed E-state index contributed by atoms with van der Waals surface area (Å²) >= 11 is 8.73. The fourth-order valence-corrected chi connectivity index (χ4v) is 3.31. The molecular formula is C12H12ClN3OS2. The Bertz CT molecular complexity index is 574. The van der Waals surface area contributed by atoms with Crippen molar-refractivity contribution in [2.24, 2.45) is 0 Å². The molecule has 2 aromatic rings. The first-order valence-electron chi connectivity index (χ1n) is 5.48. The van der Waals surface area contributed by atoms with Crippen LogP contribution < -0.4 is 11.1 Å². The maximum absolute atomic E-state index is 12.0. The number of nitrogens with two attached hydrogens (primary N) is 1. The van der Waals surface area contributed by atoms with Crippen molar-refractivity contribution < 1.29 is 4.79 Å². The number of halogens is 1. The molecule has 1 aromatic carbocycles. The van der Waals surface area contributed by atoms with Gasteiger partial charge in [0, 0.05) is 16.6 Å². The summed E-state index contributed by atoms with van der Waals surface area (Å²) < 4.78 is 0.867. The van der Waals surface area contributed by atoms with Gasteiger partial charge in [0.1, 0.15) is 0 Å². The molecule has 0 saturated heterocycles. The van der Waals surface area contributed by atoms with Crippen LogP contribution in [0.5, 0.6) is 0 Å². The highest BCUT2D eigenvalue weighted by Crippen LogP contribution is 2.27. The first-order chi connectivity index (χ1) is 9.06. The SMILES string of the molecule is CC(Sc1nccs1)C(=O)Nc1ccc(Cl)cc1N. The standard InChI is InChI=1S/C12H12ClN3OS2/c1-7(19-12-15-4-5-18-12)11(17)16-10-3-2-8(13)6-9(10)14/h2-7H,14H2,1H3,(H,16,17). The fraction of sp³-hybridized carbons (Fsp3) is 0.167. The molecular weight excluding hydrogens is 302 g/mol. The second-order valence-electron chi connectivity index (χ2n) is 3.78. The number of nitrogens with zero attached hydrogens (tertiary/aromatic N) is 1. The highest BCUT2D eigenvalue weighted by atomic mass is 35.5. The lowest BCUT2D eigenvalue weighted by atomic mass is 10.2. The molecule has 1 atom stereocenters. The summed E-state index contributed by atoms with van der Waals surface area (Å²) in [6.45, 7) is 1.83. The van der Waals surface area contributed by atoms with Gasteiger partial charge in [-0.25, -0.2) is 4.98 Å². The van der Waals surface area contributed by atoms with E-state index in [1.165, 1.54) is 23.1 Å². The average molecular weight is 314 g/mol. The van der Waals surface area contributed by atoms with Gasteiger partial charge in [0.15, 0.2) is 4.34 Å². The number of nitrogens with one attached hydrogen (secondary N) is 1. The zero-order valence-corrected chi connectivity index (χ0v) is 12.5. The van der Waals surface area contributed by atoms with Crippen LogP contribution in [0.2, 0.25) is 5.02 Å². The Balaban J connectivity index is 2.00. The summed E-state index contributed by atoms with van der Waals surface area (Å²) in [4.78, 5) is 16.2. The lowest BCUT2D eigenvalue weighted by Gasteiger charge is -2.12. The summed E-state index contributed by atoms with van der Waals surface area (Å²) in [5, 5.41) is 4.96. The van der Waals surface area contributed by atoms with Crippen LogP contribution in [-0.2, 0) is 4.79 Å². The maximum atomic E-state index is 12.0. The highest BCUT2D eigenvalue weighted by Gasteiger charge is 2.16. The topological polar surface area (TPSA) is 68.0 Å². The van der Waals surface area contributed by atoms with Gasteiger partial charge in [0.2, 0.25) is 5.91 Å². The van der Waals surface area contributed by atoms with Gasteiger partial charge >= 0.3 is 0 Å². The number of rotatable bonds is 4. The van der Waals surface area contributed by atoms with Crippen molar-refractivity contribution >= 4 is 52.0 Å². The van der Waals surface area contributed by atoms with Crippen molar-refractivity contribution in [2.75, 3.05) is 11.1 Å². The molecule has 0 bridgehead atoms. The number of thiazole rings is 1.